The van der Waals surface area contributed by atoms with Crippen molar-refractivity contribution in [2.45, 2.75) is 105 Å². The van der Waals surface area contributed by atoms with Crippen LogP contribution in [0, 0.1) is 5.92 Å². The minimum Gasteiger partial charge on any atom is -0.304 e. The van der Waals surface area contributed by atoms with Gasteiger partial charge >= 0.3 is 0 Å². The second-order valence-corrected chi connectivity index (χ2v) is 8.55. The topological polar surface area (TPSA) is 9.72 Å². The first-order valence-electron chi connectivity index (χ1n) is 12.2. The summed E-state index contributed by atoms with van der Waals surface area (Å²) < 4.78 is 0. The average Bonchev–Trinajstić information content (AvgIpc) is 2.68. The van der Waals surface area contributed by atoms with Gasteiger partial charge in [0.05, 0.1) is 0 Å². The Morgan fingerprint density at radius 3 is 1.67 bits per heavy atom. The minimum atomic E-state index is 0.725. The molecule has 0 bridgehead atoms. The van der Waals surface area contributed by atoms with Crippen LogP contribution in [0.3, 0.4) is 0 Å². The van der Waals surface area contributed by atoms with E-state index in [2.05, 4.69) is 56.4 Å². The first-order valence-corrected chi connectivity index (χ1v) is 12.2. The van der Waals surface area contributed by atoms with E-state index in [0.29, 0.717) is 0 Å². The molecule has 27 heavy (non-hydrogen) atoms. The van der Waals surface area contributed by atoms with Crippen LogP contribution >= 0.6 is 0 Å². The standard InChI is InChI=1S/C15H31N3.C7H16.C2H6/c1-5-17-8-6-15(7-9-17)12-18-13(2)10-16(4)11-14(18)3;1-3-5-7-6-4-2;1-2/h13-15H,5-12H2,1-4H3;3-7H2,1-2H3;1-2H3. The van der Waals surface area contributed by atoms with Crippen LogP contribution in [0.4, 0.5) is 0 Å². The van der Waals surface area contributed by atoms with Gasteiger partial charge in [0.25, 0.3) is 0 Å². The molecule has 2 heterocycles. The number of hydrogen-bond donors (Lipinski definition) is 0. The van der Waals surface area contributed by atoms with E-state index in [-0.39, 0.29) is 0 Å². The molecule has 2 fully saturated rings. The molecule has 2 aliphatic heterocycles. The van der Waals surface area contributed by atoms with Gasteiger partial charge in [0.2, 0.25) is 0 Å². The predicted octanol–water partition coefficient (Wildman–Crippen LogP) is 5.75. The molecule has 0 aromatic heterocycles. The van der Waals surface area contributed by atoms with Gasteiger partial charge in [0.1, 0.15) is 0 Å². The fourth-order valence-electron chi connectivity index (χ4n) is 4.44. The fourth-order valence-corrected chi connectivity index (χ4v) is 4.44. The molecule has 2 atom stereocenters. The van der Waals surface area contributed by atoms with Crippen LogP contribution < -0.4 is 0 Å². The van der Waals surface area contributed by atoms with E-state index in [1.54, 1.807) is 0 Å². The molecular weight excluding hydrogens is 330 g/mol. The lowest BCUT2D eigenvalue weighted by Gasteiger charge is -2.45. The molecule has 3 nitrogen and oxygen atoms in total. The summed E-state index contributed by atoms with van der Waals surface area (Å²) in [5.74, 6) is 0.932. The normalized spacial score (nSPS) is 25.3. The number of likely N-dealkylation sites (tertiary alicyclic amines) is 1. The molecule has 0 aromatic rings. The van der Waals surface area contributed by atoms with Crippen LogP contribution in [-0.2, 0) is 0 Å². The predicted molar refractivity (Wildman–Crippen MR) is 124 cm³/mol. The summed E-state index contributed by atoms with van der Waals surface area (Å²) in [6, 6.07) is 1.45. The highest BCUT2D eigenvalue weighted by atomic mass is 15.3. The van der Waals surface area contributed by atoms with Gasteiger partial charge in [-0.05, 0) is 59.3 Å². The summed E-state index contributed by atoms with van der Waals surface area (Å²) in [6.45, 7) is 23.2. The van der Waals surface area contributed by atoms with Gasteiger partial charge in [0.15, 0.2) is 0 Å². The van der Waals surface area contributed by atoms with E-state index < -0.39 is 0 Å². The highest BCUT2D eigenvalue weighted by Crippen LogP contribution is 2.22. The first kappa shape index (κ1) is 26.9. The summed E-state index contributed by atoms with van der Waals surface area (Å²) in [7, 11) is 2.25. The molecule has 0 radical (unpaired) electrons. The Kier molecular flexibility index (Phi) is 16.7. The van der Waals surface area contributed by atoms with Gasteiger partial charge in [-0.3, -0.25) is 4.90 Å². The Hall–Kier alpha value is -0.120. The van der Waals surface area contributed by atoms with Crippen molar-refractivity contribution in [3.63, 3.8) is 0 Å². The molecule has 2 unspecified atom stereocenters. The third kappa shape index (κ3) is 11.5. The molecule has 2 rings (SSSR count). The van der Waals surface area contributed by atoms with Crippen molar-refractivity contribution in [1.82, 2.24) is 14.7 Å². The Balaban J connectivity index is 0.000000637. The second kappa shape index (κ2) is 16.8. The van der Waals surface area contributed by atoms with E-state index >= 15 is 0 Å². The Morgan fingerprint density at radius 2 is 1.26 bits per heavy atom. The van der Waals surface area contributed by atoms with E-state index in [1.807, 2.05) is 13.8 Å². The fraction of sp³-hybridized carbons (Fsp3) is 1.00. The number of likely N-dealkylation sites (N-methyl/N-ethyl adjacent to an activating group) is 1. The number of hydrogen-bond acceptors (Lipinski definition) is 3. The molecule has 2 saturated heterocycles. The molecule has 0 amide bonds. The van der Waals surface area contributed by atoms with Crippen molar-refractivity contribution < 1.29 is 0 Å². The molecule has 2 aliphatic rings. The highest BCUT2D eigenvalue weighted by molar-refractivity contribution is 4.86. The van der Waals surface area contributed by atoms with E-state index in [4.69, 9.17) is 0 Å². The van der Waals surface area contributed by atoms with E-state index in [1.165, 1.54) is 84.2 Å². The van der Waals surface area contributed by atoms with Crippen molar-refractivity contribution in [3.8, 4) is 0 Å². The summed E-state index contributed by atoms with van der Waals surface area (Å²) in [6.07, 6.45) is 9.81. The van der Waals surface area contributed by atoms with Crippen molar-refractivity contribution >= 4 is 0 Å². The molecule has 0 saturated carbocycles. The Bertz CT molecular complexity index is 297. The maximum Gasteiger partial charge on any atom is 0.0198 e. The molecule has 0 aromatic carbocycles. The summed E-state index contributed by atoms with van der Waals surface area (Å²) in [5, 5.41) is 0. The monoisotopic (exact) mass is 383 g/mol. The summed E-state index contributed by atoms with van der Waals surface area (Å²) in [4.78, 5) is 7.82. The van der Waals surface area contributed by atoms with Crippen molar-refractivity contribution in [2.24, 2.45) is 5.92 Å². The minimum absolute atomic E-state index is 0.725. The maximum atomic E-state index is 2.76. The molecule has 0 spiro atoms. The SMILES string of the molecule is CC.CCCCCCC.CCN1CCC(CN2C(C)CN(C)CC2C)CC1. The molecule has 3 heteroatoms. The van der Waals surface area contributed by atoms with Crippen LogP contribution in [-0.4, -0.2) is 73.1 Å². The number of piperazine rings is 1. The number of unbranched alkanes of at least 4 members (excludes halogenated alkanes) is 4. The van der Waals surface area contributed by atoms with Gasteiger partial charge in [-0.25, -0.2) is 0 Å². The van der Waals surface area contributed by atoms with Crippen LogP contribution in [0.2, 0.25) is 0 Å². The van der Waals surface area contributed by atoms with Crippen LogP contribution in [0.1, 0.15) is 93.4 Å². The zero-order chi connectivity index (χ0) is 20.7. The van der Waals surface area contributed by atoms with E-state index in [0.717, 1.165) is 18.0 Å². The van der Waals surface area contributed by atoms with Gasteiger partial charge in [-0.1, -0.05) is 66.7 Å². The van der Waals surface area contributed by atoms with Gasteiger partial charge < -0.3 is 9.80 Å². The maximum absolute atomic E-state index is 2.76. The Labute approximate surface area is 172 Å². The van der Waals surface area contributed by atoms with Crippen LogP contribution in [0.25, 0.3) is 0 Å². The Morgan fingerprint density at radius 1 is 0.778 bits per heavy atom. The van der Waals surface area contributed by atoms with Crippen LogP contribution in [0.5, 0.6) is 0 Å². The molecule has 0 aliphatic carbocycles. The lowest BCUT2D eigenvalue weighted by Crippen LogP contribution is -2.57. The average molecular weight is 384 g/mol. The third-order valence-corrected chi connectivity index (χ3v) is 6.11. The van der Waals surface area contributed by atoms with Gasteiger partial charge in [-0.2, -0.15) is 0 Å². The van der Waals surface area contributed by atoms with E-state index in [9.17, 15) is 0 Å². The van der Waals surface area contributed by atoms with Crippen molar-refractivity contribution in [1.29, 1.82) is 0 Å². The molecule has 164 valence electrons. The van der Waals surface area contributed by atoms with Crippen LogP contribution in [0.15, 0.2) is 0 Å². The highest BCUT2D eigenvalue weighted by Gasteiger charge is 2.30. The van der Waals surface area contributed by atoms with Gasteiger partial charge in [-0.15, -0.1) is 0 Å². The zero-order valence-electron chi connectivity index (χ0n) is 20.3. The second-order valence-electron chi connectivity index (χ2n) is 8.55. The lowest BCUT2D eigenvalue weighted by atomic mass is 9.94. The summed E-state index contributed by atoms with van der Waals surface area (Å²) in [5.41, 5.74) is 0. The third-order valence-electron chi connectivity index (χ3n) is 6.11. The number of nitrogens with zero attached hydrogens (tertiary/aromatic N) is 3. The smallest absolute Gasteiger partial charge is 0.0198 e. The summed E-state index contributed by atoms with van der Waals surface area (Å²) >= 11 is 0. The van der Waals surface area contributed by atoms with Crippen molar-refractivity contribution in [2.75, 3.05) is 46.3 Å². The molecule has 0 N–H and O–H groups in total. The lowest BCUT2D eigenvalue weighted by molar-refractivity contribution is 0.0289. The number of piperidine rings is 1. The van der Waals surface area contributed by atoms with Gasteiger partial charge in [0, 0.05) is 31.7 Å². The molecular formula is C24H53N3. The quantitative estimate of drug-likeness (QED) is 0.519. The largest absolute Gasteiger partial charge is 0.304 e. The first-order chi connectivity index (χ1) is 13.0. The number of rotatable bonds is 7. The zero-order valence-corrected chi connectivity index (χ0v) is 20.3. The van der Waals surface area contributed by atoms with Crippen molar-refractivity contribution in [3.05, 3.63) is 0 Å².